The lowest BCUT2D eigenvalue weighted by atomic mass is 9.92. The molecule has 0 aliphatic carbocycles. The van der Waals surface area contributed by atoms with Crippen molar-refractivity contribution in [3.63, 3.8) is 0 Å². The summed E-state index contributed by atoms with van der Waals surface area (Å²) in [6.07, 6.45) is 2.07. The fraction of sp³-hybridized carbons (Fsp3) is 0.650. The molecule has 2 N–H and O–H groups in total. The summed E-state index contributed by atoms with van der Waals surface area (Å²) in [4.78, 5) is 14.9. The predicted molar refractivity (Wildman–Crippen MR) is 114 cm³/mol. The molecule has 2 aliphatic rings. The van der Waals surface area contributed by atoms with Crippen LogP contribution < -0.4 is 10.0 Å². The van der Waals surface area contributed by atoms with Gasteiger partial charge in [0.15, 0.2) is 0 Å². The second-order valence-electron chi connectivity index (χ2n) is 8.86. The molecule has 0 unspecified atom stereocenters. The minimum absolute atomic E-state index is 0. The molecule has 0 spiro atoms. The van der Waals surface area contributed by atoms with Crippen LogP contribution in [0.4, 0.5) is 0 Å². The summed E-state index contributed by atoms with van der Waals surface area (Å²) in [6.45, 7) is 9.10. The van der Waals surface area contributed by atoms with Gasteiger partial charge >= 0.3 is 0 Å². The molecule has 2 fully saturated rings. The van der Waals surface area contributed by atoms with E-state index in [4.69, 9.17) is 0 Å². The van der Waals surface area contributed by atoms with Gasteiger partial charge in [-0.2, -0.15) is 0 Å². The average molecular weight is 430 g/mol. The molecule has 0 bridgehead atoms. The first-order valence-corrected chi connectivity index (χ1v) is 11.4. The molecule has 158 valence electrons. The average Bonchev–Trinajstić information content (AvgIpc) is 2.90. The van der Waals surface area contributed by atoms with E-state index in [9.17, 15) is 13.2 Å². The number of sulfonamides is 1. The summed E-state index contributed by atoms with van der Waals surface area (Å²) < 4.78 is 27.3. The molecule has 1 aromatic carbocycles. The van der Waals surface area contributed by atoms with E-state index in [2.05, 4.69) is 10.0 Å². The lowest BCUT2D eigenvalue weighted by Gasteiger charge is -2.22. The van der Waals surface area contributed by atoms with Crippen molar-refractivity contribution >= 4 is 28.3 Å². The van der Waals surface area contributed by atoms with Crippen molar-refractivity contribution in [1.82, 2.24) is 14.9 Å². The lowest BCUT2D eigenvalue weighted by molar-refractivity contribution is 0.0758. The number of carbonyl (C=O) groups is 1. The van der Waals surface area contributed by atoms with Crippen molar-refractivity contribution in [3.05, 3.63) is 35.4 Å². The maximum absolute atomic E-state index is 13.0. The van der Waals surface area contributed by atoms with Crippen LogP contribution in [-0.4, -0.2) is 50.9 Å². The fourth-order valence-electron chi connectivity index (χ4n) is 4.12. The van der Waals surface area contributed by atoms with Gasteiger partial charge in [-0.25, -0.2) is 13.1 Å². The van der Waals surface area contributed by atoms with E-state index < -0.39 is 15.6 Å². The monoisotopic (exact) mass is 429 g/mol. The van der Waals surface area contributed by atoms with Gasteiger partial charge in [0, 0.05) is 24.2 Å². The molecule has 0 radical (unpaired) electrons. The van der Waals surface area contributed by atoms with Crippen molar-refractivity contribution in [2.24, 2.45) is 11.8 Å². The third-order valence-electron chi connectivity index (χ3n) is 5.30. The minimum Gasteiger partial charge on any atom is -0.339 e. The molecule has 0 saturated carbocycles. The van der Waals surface area contributed by atoms with Crippen molar-refractivity contribution in [2.75, 3.05) is 26.2 Å². The number of benzene rings is 1. The molecule has 28 heavy (non-hydrogen) atoms. The number of hydrogen-bond donors (Lipinski definition) is 2. The van der Waals surface area contributed by atoms with Crippen LogP contribution in [0.25, 0.3) is 0 Å². The first kappa shape index (κ1) is 23.1. The van der Waals surface area contributed by atoms with Gasteiger partial charge in [0.25, 0.3) is 5.91 Å². The summed E-state index contributed by atoms with van der Waals surface area (Å²) in [6, 6.07) is 7.03. The molecule has 3 rings (SSSR count). The van der Waals surface area contributed by atoms with Gasteiger partial charge < -0.3 is 10.2 Å². The number of nitrogens with zero attached hydrogens (tertiary/aromatic N) is 1. The Balaban J connectivity index is 0.00000280. The Hall–Kier alpha value is -1.15. The van der Waals surface area contributed by atoms with Crippen LogP contribution in [0.1, 0.15) is 49.5 Å². The molecule has 2 saturated heterocycles. The lowest BCUT2D eigenvalue weighted by Crippen LogP contribution is -2.41. The molecule has 2 atom stereocenters. The molecule has 6 nitrogen and oxygen atoms in total. The smallest absolute Gasteiger partial charge is 0.253 e. The number of hydrogen-bond acceptors (Lipinski definition) is 4. The van der Waals surface area contributed by atoms with E-state index >= 15 is 0 Å². The fourth-order valence-corrected chi connectivity index (χ4v) is 5.74. The molecule has 1 aromatic rings. The first-order valence-electron chi connectivity index (χ1n) is 9.73. The second-order valence-corrected chi connectivity index (χ2v) is 10.6. The summed E-state index contributed by atoms with van der Waals surface area (Å²) in [5.41, 5.74) is 0.683. The number of carbonyl (C=O) groups excluding carboxylic acids is 1. The topological polar surface area (TPSA) is 78.5 Å². The maximum Gasteiger partial charge on any atom is 0.253 e. The Labute approximate surface area is 174 Å². The third-order valence-corrected chi connectivity index (χ3v) is 6.94. The van der Waals surface area contributed by atoms with Crippen molar-refractivity contribution in [3.8, 4) is 0 Å². The van der Waals surface area contributed by atoms with E-state index in [1.807, 2.05) is 25.7 Å². The standard InChI is InChI=1S/C20H31N3O3S.ClH/c1-20(2,3)22-27(25,26)14-15-5-4-6-16(11-15)19(24)23-9-7-17-12-21-13-18(17)8-10-23;/h4-6,11,17-18,21-22H,7-10,12-14H2,1-3H3;1H/t17-,18+;. The van der Waals surface area contributed by atoms with Crippen LogP contribution in [0.3, 0.4) is 0 Å². The summed E-state index contributed by atoms with van der Waals surface area (Å²) in [5, 5.41) is 3.45. The second kappa shape index (κ2) is 9.11. The van der Waals surface area contributed by atoms with Crippen LogP contribution in [0, 0.1) is 11.8 Å². The van der Waals surface area contributed by atoms with Crippen molar-refractivity contribution in [1.29, 1.82) is 0 Å². The molecule has 1 amide bonds. The van der Waals surface area contributed by atoms with Gasteiger partial charge in [0.2, 0.25) is 10.0 Å². The van der Waals surface area contributed by atoms with Gasteiger partial charge in [-0.3, -0.25) is 4.79 Å². The zero-order valence-electron chi connectivity index (χ0n) is 16.9. The van der Waals surface area contributed by atoms with Crippen LogP contribution in [0.2, 0.25) is 0 Å². The van der Waals surface area contributed by atoms with Gasteiger partial charge in [0.1, 0.15) is 0 Å². The highest BCUT2D eigenvalue weighted by Gasteiger charge is 2.31. The van der Waals surface area contributed by atoms with Crippen LogP contribution in [0.5, 0.6) is 0 Å². The number of rotatable bonds is 4. The Kier molecular flexibility index (Phi) is 7.53. The largest absolute Gasteiger partial charge is 0.339 e. The Bertz CT molecular complexity index is 778. The van der Waals surface area contributed by atoms with Gasteiger partial charge in [-0.05, 0) is 76.2 Å². The summed E-state index contributed by atoms with van der Waals surface area (Å²) in [7, 11) is -3.46. The molecular weight excluding hydrogens is 398 g/mol. The highest BCUT2D eigenvalue weighted by molar-refractivity contribution is 7.88. The highest BCUT2D eigenvalue weighted by Crippen LogP contribution is 2.27. The molecule has 0 aromatic heterocycles. The SMILES string of the molecule is CC(C)(C)NS(=O)(=O)Cc1cccc(C(=O)N2CC[C@@H]3CNC[C@@H]3CC2)c1.Cl. The van der Waals surface area contributed by atoms with E-state index in [-0.39, 0.29) is 24.1 Å². The normalized spacial score (nSPS) is 22.9. The number of halogens is 1. The third kappa shape index (κ3) is 6.17. The number of amides is 1. The number of nitrogens with one attached hydrogen (secondary N) is 2. The van der Waals surface area contributed by atoms with E-state index in [1.54, 1.807) is 24.3 Å². The summed E-state index contributed by atoms with van der Waals surface area (Å²) in [5.74, 6) is 1.22. The molecule has 2 heterocycles. The number of fused-ring (bicyclic) bond motifs is 1. The molecule has 2 aliphatic heterocycles. The minimum atomic E-state index is -3.46. The maximum atomic E-state index is 13.0. The van der Waals surface area contributed by atoms with E-state index in [1.165, 1.54) is 0 Å². The highest BCUT2D eigenvalue weighted by atomic mass is 35.5. The predicted octanol–water partition coefficient (Wildman–Crippen LogP) is 2.40. The Morgan fingerprint density at radius 1 is 1.18 bits per heavy atom. The van der Waals surface area contributed by atoms with E-state index in [0.717, 1.165) is 39.0 Å². The van der Waals surface area contributed by atoms with Crippen molar-refractivity contribution < 1.29 is 13.2 Å². The van der Waals surface area contributed by atoms with Crippen molar-refractivity contribution in [2.45, 2.75) is 44.9 Å². The van der Waals surface area contributed by atoms with Gasteiger partial charge in [0.05, 0.1) is 5.75 Å². The zero-order valence-corrected chi connectivity index (χ0v) is 18.5. The first-order chi connectivity index (χ1) is 12.6. The van der Waals surface area contributed by atoms with Gasteiger partial charge in [-0.1, -0.05) is 12.1 Å². The summed E-state index contributed by atoms with van der Waals surface area (Å²) >= 11 is 0. The zero-order chi connectivity index (χ0) is 19.7. The van der Waals surface area contributed by atoms with E-state index in [0.29, 0.717) is 23.0 Å². The van der Waals surface area contributed by atoms with Crippen LogP contribution in [0.15, 0.2) is 24.3 Å². The Morgan fingerprint density at radius 2 is 1.79 bits per heavy atom. The van der Waals surface area contributed by atoms with Crippen LogP contribution >= 0.6 is 12.4 Å². The molecular formula is C20H32ClN3O3S. The quantitative estimate of drug-likeness (QED) is 0.770. The van der Waals surface area contributed by atoms with Crippen LogP contribution in [-0.2, 0) is 15.8 Å². The number of likely N-dealkylation sites (tertiary alicyclic amines) is 1. The Morgan fingerprint density at radius 3 is 2.36 bits per heavy atom. The van der Waals surface area contributed by atoms with Gasteiger partial charge in [-0.15, -0.1) is 12.4 Å². The molecule has 8 heteroatoms.